The Hall–Kier alpha value is -3.42. The number of ketones is 1. The zero-order chi connectivity index (χ0) is 17.0. The first-order valence-corrected chi connectivity index (χ1v) is 6.36. The summed E-state index contributed by atoms with van der Waals surface area (Å²) in [6.07, 6.45) is 0. The molecule has 1 N–H and O–H groups in total. The van der Waals surface area contributed by atoms with E-state index in [1.807, 2.05) is 0 Å². The van der Waals surface area contributed by atoms with Crippen LogP contribution < -0.4 is 9.57 Å². The number of aromatic hydroxyl groups is 1. The average Bonchev–Trinajstić information content (AvgIpc) is 2.46. The van der Waals surface area contributed by atoms with Crippen molar-refractivity contribution in [2.24, 2.45) is 0 Å². The monoisotopic (exact) mass is 317 g/mol. The van der Waals surface area contributed by atoms with E-state index in [0.29, 0.717) is 0 Å². The molecule has 0 bridgehead atoms. The second-order valence-corrected chi connectivity index (χ2v) is 4.44. The molecular weight excluding hydrogens is 306 g/mol. The average molecular weight is 317 g/mol. The quantitative estimate of drug-likeness (QED) is 0.296. The SMILES string of the molecule is CC(=O)c1cccc(C(=O)Oc2cccc(O[N+](=O)[O-])c2)c1O. The van der Waals surface area contributed by atoms with E-state index in [9.17, 15) is 24.8 Å². The smallest absolute Gasteiger partial charge is 0.347 e. The molecule has 0 saturated carbocycles. The molecule has 8 heteroatoms. The van der Waals surface area contributed by atoms with Gasteiger partial charge in [-0.1, -0.05) is 12.1 Å². The van der Waals surface area contributed by atoms with Crippen molar-refractivity contribution in [3.8, 4) is 17.2 Å². The number of ether oxygens (including phenoxy) is 1. The van der Waals surface area contributed by atoms with E-state index >= 15 is 0 Å². The van der Waals surface area contributed by atoms with Crippen molar-refractivity contribution < 1.29 is 29.4 Å². The Bertz CT molecular complexity index is 785. The van der Waals surface area contributed by atoms with Gasteiger partial charge in [-0.15, -0.1) is 10.1 Å². The van der Waals surface area contributed by atoms with E-state index < -0.39 is 22.6 Å². The molecule has 2 rings (SSSR count). The van der Waals surface area contributed by atoms with Crippen LogP contribution in [0.1, 0.15) is 27.6 Å². The third kappa shape index (κ3) is 3.82. The van der Waals surface area contributed by atoms with Gasteiger partial charge in [0.2, 0.25) is 0 Å². The first-order chi connectivity index (χ1) is 10.9. The van der Waals surface area contributed by atoms with Crippen molar-refractivity contribution in [2.45, 2.75) is 6.92 Å². The molecule has 0 heterocycles. The van der Waals surface area contributed by atoms with Gasteiger partial charge in [0.15, 0.2) is 5.78 Å². The summed E-state index contributed by atoms with van der Waals surface area (Å²) in [5.74, 6) is -1.94. The third-order valence-electron chi connectivity index (χ3n) is 2.83. The maximum absolute atomic E-state index is 12.1. The Morgan fingerprint density at radius 3 is 2.35 bits per heavy atom. The lowest BCUT2D eigenvalue weighted by Gasteiger charge is -2.08. The standard InChI is InChI=1S/C15H11NO7/c1-9(17)12-6-3-7-13(14(12)18)15(19)22-10-4-2-5-11(8-10)23-16(20)21/h2-8,18H,1H3. The number of para-hydroxylation sites is 1. The lowest BCUT2D eigenvalue weighted by molar-refractivity contribution is -0.711. The van der Waals surface area contributed by atoms with Crippen LogP contribution in [0, 0.1) is 10.1 Å². The van der Waals surface area contributed by atoms with Gasteiger partial charge in [0.1, 0.15) is 22.8 Å². The van der Waals surface area contributed by atoms with Gasteiger partial charge < -0.3 is 9.84 Å². The lowest BCUT2D eigenvalue weighted by Crippen LogP contribution is -2.10. The fourth-order valence-corrected chi connectivity index (χ4v) is 1.83. The number of Topliss-reactive ketones (excluding diaryl/α,β-unsaturated/α-hetero) is 1. The van der Waals surface area contributed by atoms with Gasteiger partial charge in [0.25, 0.3) is 5.09 Å². The zero-order valence-electron chi connectivity index (χ0n) is 11.9. The fourth-order valence-electron chi connectivity index (χ4n) is 1.83. The minimum Gasteiger partial charge on any atom is -0.506 e. The van der Waals surface area contributed by atoms with Crippen molar-refractivity contribution >= 4 is 11.8 Å². The number of esters is 1. The maximum atomic E-state index is 12.1. The molecule has 2 aromatic rings. The molecule has 0 amide bonds. The van der Waals surface area contributed by atoms with Crippen LogP contribution in [0.25, 0.3) is 0 Å². The molecule has 0 saturated heterocycles. The summed E-state index contributed by atoms with van der Waals surface area (Å²) in [6.45, 7) is 1.25. The minimum absolute atomic E-state index is 0.00937. The number of hydrogen-bond acceptors (Lipinski definition) is 7. The highest BCUT2D eigenvalue weighted by Crippen LogP contribution is 2.26. The van der Waals surface area contributed by atoms with E-state index in [-0.39, 0.29) is 22.6 Å². The molecule has 2 aromatic carbocycles. The summed E-state index contributed by atoms with van der Waals surface area (Å²) in [6, 6.07) is 9.34. The normalized spacial score (nSPS) is 9.96. The predicted molar refractivity (Wildman–Crippen MR) is 77.1 cm³/mol. The van der Waals surface area contributed by atoms with E-state index in [2.05, 4.69) is 4.84 Å². The van der Waals surface area contributed by atoms with Crippen molar-refractivity contribution in [1.82, 2.24) is 0 Å². The molecule has 0 atom stereocenters. The Labute approximate surface area is 130 Å². The maximum Gasteiger partial charge on any atom is 0.347 e. The molecular formula is C15H11NO7. The highest BCUT2D eigenvalue weighted by atomic mass is 17.0. The predicted octanol–water partition coefficient (Wildman–Crippen LogP) is 2.38. The number of phenols is 1. The van der Waals surface area contributed by atoms with Crippen LogP contribution in [0.4, 0.5) is 0 Å². The second kappa shape index (κ2) is 6.56. The fraction of sp³-hybridized carbons (Fsp3) is 0.0667. The summed E-state index contributed by atoms with van der Waals surface area (Å²) in [7, 11) is 0. The Morgan fingerprint density at radius 1 is 1.09 bits per heavy atom. The number of hydrogen-bond donors (Lipinski definition) is 1. The molecule has 0 aromatic heterocycles. The molecule has 118 valence electrons. The molecule has 0 aliphatic carbocycles. The largest absolute Gasteiger partial charge is 0.506 e. The Kier molecular flexibility index (Phi) is 4.55. The Morgan fingerprint density at radius 2 is 1.70 bits per heavy atom. The van der Waals surface area contributed by atoms with E-state index in [4.69, 9.17) is 4.74 Å². The number of nitrogens with zero attached hydrogens (tertiary/aromatic N) is 1. The first-order valence-electron chi connectivity index (χ1n) is 6.36. The number of benzene rings is 2. The van der Waals surface area contributed by atoms with E-state index in [1.165, 1.54) is 43.3 Å². The molecule has 0 aliphatic heterocycles. The van der Waals surface area contributed by atoms with Gasteiger partial charge in [0.05, 0.1) is 5.56 Å². The molecule has 0 radical (unpaired) electrons. The van der Waals surface area contributed by atoms with Gasteiger partial charge in [0, 0.05) is 6.07 Å². The topological polar surface area (TPSA) is 116 Å². The minimum atomic E-state index is -0.997. The van der Waals surface area contributed by atoms with Crippen LogP contribution in [-0.4, -0.2) is 21.9 Å². The van der Waals surface area contributed by atoms with E-state index in [1.54, 1.807) is 0 Å². The number of rotatable bonds is 5. The highest BCUT2D eigenvalue weighted by Gasteiger charge is 2.18. The highest BCUT2D eigenvalue weighted by molar-refractivity contribution is 6.02. The summed E-state index contributed by atoms with van der Waals surface area (Å²) >= 11 is 0. The van der Waals surface area contributed by atoms with Gasteiger partial charge in [-0.3, -0.25) is 9.63 Å². The summed E-state index contributed by atoms with van der Waals surface area (Å²) in [4.78, 5) is 38.0. The van der Waals surface area contributed by atoms with Crippen LogP contribution in [0.5, 0.6) is 17.2 Å². The van der Waals surface area contributed by atoms with Gasteiger partial charge in [-0.2, -0.15) is 0 Å². The molecule has 8 nitrogen and oxygen atoms in total. The van der Waals surface area contributed by atoms with Gasteiger partial charge in [-0.25, -0.2) is 4.79 Å². The third-order valence-corrected chi connectivity index (χ3v) is 2.83. The van der Waals surface area contributed by atoms with Crippen molar-refractivity contribution in [3.63, 3.8) is 0 Å². The number of carbonyl (C=O) groups is 2. The first kappa shape index (κ1) is 16.0. The summed E-state index contributed by atoms with van der Waals surface area (Å²) < 4.78 is 5.03. The van der Waals surface area contributed by atoms with Crippen molar-refractivity contribution in [1.29, 1.82) is 0 Å². The number of carbonyl (C=O) groups excluding carboxylic acids is 2. The van der Waals surface area contributed by atoms with Crippen LogP contribution in [0.3, 0.4) is 0 Å². The molecule has 0 spiro atoms. The molecule has 0 unspecified atom stereocenters. The second-order valence-electron chi connectivity index (χ2n) is 4.44. The van der Waals surface area contributed by atoms with E-state index in [0.717, 1.165) is 6.07 Å². The lowest BCUT2D eigenvalue weighted by atomic mass is 10.1. The molecule has 23 heavy (non-hydrogen) atoms. The van der Waals surface area contributed by atoms with Crippen LogP contribution in [0.2, 0.25) is 0 Å². The van der Waals surface area contributed by atoms with Gasteiger partial charge in [-0.05, 0) is 31.2 Å². The van der Waals surface area contributed by atoms with Gasteiger partial charge >= 0.3 is 5.97 Å². The number of phenolic OH excluding ortho intramolecular Hbond substituents is 1. The van der Waals surface area contributed by atoms with Crippen LogP contribution in [-0.2, 0) is 0 Å². The van der Waals surface area contributed by atoms with Crippen molar-refractivity contribution in [2.75, 3.05) is 0 Å². The molecule has 0 aliphatic rings. The summed E-state index contributed by atoms with van der Waals surface area (Å²) in [5.41, 5.74) is -0.205. The zero-order valence-corrected chi connectivity index (χ0v) is 11.9. The molecule has 0 fully saturated rings. The van der Waals surface area contributed by atoms with Crippen LogP contribution >= 0.6 is 0 Å². The van der Waals surface area contributed by atoms with Crippen molar-refractivity contribution in [3.05, 3.63) is 63.7 Å². The Balaban J connectivity index is 2.24. The van der Waals surface area contributed by atoms with Crippen LogP contribution in [0.15, 0.2) is 42.5 Å². The summed E-state index contributed by atoms with van der Waals surface area (Å²) in [5, 5.41) is 19.2.